The van der Waals surface area contributed by atoms with Gasteiger partial charge in [0.1, 0.15) is 5.65 Å². The van der Waals surface area contributed by atoms with E-state index < -0.39 is 0 Å². The highest BCUT2D eigenvalue weighted by molar-refractivity contribution is 6.30. The number of imidazole rings is 1. The number of nitrogens with zero attached hydrogens (tertiary/aromatic N) is 5. The monoisotopic (exact) mass is 399 g/mol. The van der Waals surface area contributed by atoms with Crippen molar-refractivity contribution < 1.29 is 4.92 Å². The summed E-state index contributed by atoms with van der Waals surface area (Å²) in [6.45, 7) is 6.33. The lowest BCUT2D eigenvalue weighted by Crippen LogP contribution is -2.30. The number of hydrogen-bond acceptors (Lipinski definition) is 5. The lowest BCUT2D eigenvalue weighted by molar-refractivity contribution is -0.385. The molecule has 0 aliphatic carbocycles. The molecule has 0 bridgehead atoms. The zero-order valence-corrected chi connectivity index (χ0v) is 16.5. The third-order valence-corrected chi connectivity index (χ3v) is 5.40. The molecule has 7 nitrogen and oxygen atoms in total. The van der Waals surface area contributed by atoms with E-state index in [2.05, 4.69) is 14.8 Å². The van der Waals surface area contributed by atoms with Crippen molar-refractivity contribution >= 4 is 28.6 Å². The maximum Gasteiger partial charge on any atom is 0.272 e. The molecule has 8 heteroatoms. The highest BCUT2D eigenvalue weighted by Crippen LogP contribution is 2.25. The van der Waals surface area contributed by atoms with Crippen molar-refractivity contribution in [1.29, 1.82) is 0 Å². The fourth-order valence-corrected chi connectivity index (χ4v) is 3.92. The summed E-state index contributed by atoms with van der Waals surface area (Å²) in [4.78, 5) is 20.1. The number of hydrogen-bond donors (Lipinski definition) is 0. The van der Waals surface area contributed by atoms with Crippen LogP contribution >= 0.6 is 11.6 Å². The molecule has 1 aliphatic rings. The Hall–Kier alpha value is -2.64. The fraction of sp³-hybridized carbons (Fsp3) is 0.350. The Labute approximate surface area is 168 Å². The van der Waals surface area contributed by atoms with Gasteiger partial charge in [-0.3, -0.25) is 15.0 Å². The summed E-state index contributed by atoms with van der Waals surface area (Å²) in [6.07, 6.45) is 4.94. The molecule has 1 aliphatic heterocycles. The molecule has 0 N–H and O–H groups in total. The molecule has 1 aromatic carbocycles. The molecular formula is C20H22ClN5O2. The van der Waals surface area contributed by atoms with E-state index in [0.717, 1.165) is 56.2 Å². The standard InChI is InChI=1S/C20H22ClN5O2/c1-15-11-18(4-5-19(15)26(27)28)24-8-2-7-23(9-10-24)13-17-14-25-12-16(21)3-6-20(25)22-17/h3-6,11-12,14H,2,7-10,13H2,1H3. The van der Waals surface area contributed by atoms with E-state index in [1.165, 1.54) is 0 Å². The first-order valence-corrected chi connectivity index (χ1v) is 9.73. The van der Waals surface area contributed by atoms with Gasteiger partial charge in [0.25, 0.3) is 5.69 Å². The molecule has 1 saturated heterocycles. The molecule has 4 rings (SSSR count). The molecule has 0 unspecified atom stereocenters. The molecule has 0 saturated carbocycles. The zero-order valence-electron chi connectivity index (χ0n) is 15.7. The van der Waals surface area contributed by atoms with Crippen molar-refractivity contribution in [2.45, 2.75) is 19.9 Å². The van der Waals surface area contributed by atoms with E-state index in [1.807, 2.05) is 41.1 Å². The second kappa shape index (κ2) is 7.77. The van der Waals surface area contributed by atoms with Crippen LogP contribution in [-0.2, 0) is 6.54 Å². The number of fused-ring (bicyclic) bond motifs is 1. The van der Waals surface area contributed by atoms with Crippen molar-refractivity contribution in [3.05, 3.63) is 69.1 Å². The van der Waals surface area contributed by atoms with Crippen LogP contribution in [0.2, 0.25) is 5.02 Å². The van der Waals surface area contributed by atoms with Crippen molar-refractivity contribution in [1.82, 2.24) is 14.3 Å². The van der Waals surface area contributed by atoms with E-state index in [4.69, 9.17) is 11.6 Å². The first-order chi connectivity index (χ1) is 13.5. The third-order valence-electron chi connectivity index (χ3n) is 5.18. The number of aromatic nitrogens is 2. The Balaban J connectivity index is 1.43. The van der Waals surface area contributed by atoms with E-state index >= 15 is 0 Å². The van der Waals surface area contributed by atoms with Crippen molar-refractivity contribution in [3.8, 4) is 0 Å². The molecule has 2 aromatic heterocycles. The minimum absolute atomic E-state index is 0.173. The van der Waals surface area contributed by atoms with E-state index in [1.54, 1.807) is 13.0 Å². The first-order valence-electron chi connectivity index (χ1n) is 9.35. The molecule has 28 heavy (non-hydrogen) atoms. The maximum atomic E-state index is 11.0. The molecule has 0 amide bonds. The van der Waals surface area contributed by atoms with Gasteiger partial charge in [-0.1, -0.05) is 11.6 Å². The van der Waals surface area contributed by atoms with Gasteiger partial charge in [0.15, 0.2) is 0 Å². The number of halogens is 1. The molecule has 1 fully saturated rings. The van der Waals surface area contributed by atoms with Crippen molar-refractivity contribution in [3.63, 3.8) is 0 Å². The second-order valence-electron chi connectivity index (χ2n) is 7.19. The average molecular weight is 400 g/mol. The number of rotatable bonds is 4. The summed E-state index contributed by atoms with van der Waals surface area (Å²) in [5.41, 5.74) is 3.85. The molecule has 0 atom stereocenters. The maximum absolute atomic E-state index is 11.0. The number of benzene rings is 1. The quantitative estimate of drug-likeness (QED) is 0.491. The van der Waals surface area contributed by atoms with Crippen LogP contribution in [0.5, 0.6) is 0 Å². The summed E-state index contributed by atoms with van der Waals surface area (Å²) in [6, 6.07) is 9.15. The van der Waals surface area contributed by atoms with Crippen LogP contribution < -0.4 is 4.90 Å². The summed E-state index contributed by atoms with van der Waals surface area (Å²) < 4.78 is 1.96. The topological polar surface area (TPSA) is 66.9 Å². The Morgan fingerprint density at radius 3 is 2.79 bits per heavy atom. The van der Waals surface area contributed by atoms with Crippen LogP contribution in [0, 0.1) is 17.0 Å². The van der Waals surface area contributed by atoms with Gasteiger partial charge >= 0.3 is 0 Å². The predicted octanol–water partition coefficient (Wildman–Crippen LogP) is 3.92. The number of anilines is 1. The number of nitro benzene ring substituents is 1. The van der Waals surface area contributed by atoms with Gasteiger partial charge in [0.2, 0.25) is 0 Å². The molecule has 3 aromatic rings. The van der Waals surface area contributed by atoms with Gasteiger partial charge in [-0.05, 0) is 37.6 Å². The van der Waals surface area contributed by atoms with Crippen LogP contribution in [0.1, 0.15) is 17.7 Å². The molecule has 146 valence electrons. The Morgan fingerprint density at radius 2 is 2.00 bits per heavy atom. The predicted molar refractivity (Wildman–Crippen MR) is 110 cm³/mol. The first kappa shape index (κ1) is 18.7. The average Bonchev–Trinajstić information content (AvgIpc) is 2.89. The lowest BCUT2D eigenvalue weighted by atomic mass is 10.1. The Kier molecular flexibility index (Phi) is 5.19. The van der Waals surface area contributed by atoms with Crippen molar-refractivity contribution in [2.75, 3.05) is 31.1 Å². The van der Waals surface area contributed by atoms with E-state index in [-0.39, 0.29) is 10.6 Å². The van der Waals surface area contributed by atoms with Gasteiger partial charge in [0, 0.05) is 62.4 Å². The second-order valence-corrected chi connectivity index (χ2v) is 7.63. The van der Waals surface area contributed by atoms with E-state index in [0.29, 0.717) is 10.6 Å². The minimum Gasteiger partial charge on any atom is -0.370 e. The van der Waals surface area contributed by atoms with Crippen molar-refractivity contribution in [2.24, 2.45) is 0 Å². The van der Waals surface area contributed by atoms with Crippen LogP contribution in [0.3, 0.4) is 0 Å². The highest BCUT2D eigenvalue weighted by atomic mass is 35.5. The summed E-state index contributed by atoms with van der Waals surface area (Å²) >= 11 is 6.05. The van der Waals surface area contributed by atoms with Crippen LogP contribution in [0.25, 0.3) is 5.65 Å². The number of pyridine rings is 1. The van der Waals surface area contributed by atoms with Gasteiger partial charge in [-0.15, -0.1) is 0 Å². The smallest absolute Gasteiger partial charge is 0.272 e. The third kappa shape index (κ3) is 3.95. The van der Waals surface area contributed by atoms with Crippen LogP contribution in [0.15, 0.2) is 42.7 Å². The van der Waals surface area contributed by atoms with Crippen LogP contribution in [0.4, 0.5) is 11.4 Å². The lowest BCUT2D eigenvalue weighted by Gasteiger charge is -2.23. The normalized spacial score (nSPS) is 15.7. The van der Waals surface area contributed by atoms with Gasteiger partial charge < -0.3 is 9.30 Å². The minimum atomic E-state index is -0.328. The Bertz CT molecular complexity index is 1020. The molecular weight excluding hydrogens is 378 g/mol. The molecule has 0 spiro atoms. The Morgan fingerprint density at radius 1 is 1.14 bits per heavy atom. The molecule has 0 radical (unpaired) electrons. The zero-order chi connectivity index (χ0) is 19.7. The van der Waals surface area contributed by atoms with Gasteiger partial charge in [-0.2, -0.15) is 0 Å². The van der Waals surface area contributed by atoms with E-state index in [9.17, 15) is 10.1 Å². The van der Waals surface area contributed by atoms with Gasteiger partial charge in [-0.25, -0.2) is 4.98 Å². The number of nitro groups is 1. The largest absolute Gasteiger partial charge is 0.370 e. The van der Waals surface area contributed by atoms with Gasteiger partial charge in [0.05, 0.1) is 15.6 Å². The SMILES string of the molecule is Cc1cc(N2CCCN(Cc3cn4cc(Cl)ccc4n3)CC2)ccc1[N+](=O)[O-]. The summed E-state index contributed by atoms with van der Waals surface area (Å²) in [7, 11) is 0. The number of aryl methyl sites for hydroxylation is 1. The summed E-state index contributed by atoms with van der Waals surface area (Å²) in [5.74, 6) is 0. The van der Waals surface area contributed by atoms with Crippen LogP contribution in [-0.4, -0.2) is 45.4 Å². The highest BCUT2D eigenvalue weighted by Gasteiger charge is 2.18. The summed E-state index contributed by atoms with van der Waals surface area (Å²) in [5, 5.41) is 11.7. The molecule has 3 heterocycles. The fourth-order valence-electron chi connectivity index (χ4n) is 3.75.